The maximum absolute atomic E-state index is 15.0. The number of carbonyl (C=O) groups is 2. The largest absolute Gasteiger partial charge is 0.417 e. The number of hydrogen-bond acceptors (Lipinski definition) is 2. The van der Waals surface area contributed by atoms with Gasteiger partial charge in [-0.05, 0) is 55.2 Å². The van der Waals surface area contributed by atoms with Crippen molar-refractivity contribution in [3.05, 3.63) is 75.3 Å². The van der Waals surface area contributed by atoms with E-state index in [1.54, 1.807) is 0 Å². The summed E-state index contributed by atoms with van der Waals surface area (Å²) >= 11 is 5.83. The summed E-state index contributed by atoms with van der Waals surface area (Å²) in [6.45, 7) is -0.252. The van der Waals surface area contributed by atoms with Crippen LogP contribution < -0.4 is 5.32 Å². The van der Waals surface area contributed by atoms with Crippen LogP contribution in [0.15, 0.2) is 42.5 Å². The SMILES string of the molecule is Cc1cc(C(/C=C(\F)c2ccc(C(=O)NC3(C(=O)N(C)CC(F)(F)F)CC3)c(C(F)(F)F)c2)C(F)(F)F)ccc1Cl. The molecule has 0 aliphatic heterocycles. The summed E-state index contributed by atoms with van der Waals surface area (Å²) in [5, 5.41) is 2.17. The summed E-state index contributed by atoms with van der Waals surface area (Å²) in [7, 11) is 0.812. The predicted octanol–water partition coefficient (Wildman–Crippen LogP) is 7.61. The van der Waals surface area contributed by atoms with Crippen LogP contribution in [-0.2, 0) is 11.0 Å². The van der Waals surface area contributed by atoms with Crippen molar-refractivity contribution < 1.29 is 53.5 Å². The fraction of sp³-hybridized carbons (Fsp3) is 0.385. The van der Waals surface area contributed by atoms with Crippen molar-refractivity contribution in [2.45, 2.75) is 49.8 Å². The highest BCUT2D eigenvalue weighted by atomic mass is 35.5. The Morgan fingerprint density at radius 1 is 1.02 bits per heavy atom. The minimum absolute atomic E-state index is 0.0895. The summed E-state index contributed by atoms with van der Waals surface area (Å²) in [5.74, 6) is -6.87. The molecule has 224 valence electrons. The van der Waals surface area contributed by atoms with Crippen LogP contribution in [0.3, 0.4) is 0 Å². The van der Waals surface area contributed by atoms with Crippen LogP contribution in [0.5, 0.6) is 0 Å². The van der Waals surface area contributed by atoms with E-state index in [9.17, 15) is 49.1 Å². The molecule has 1 saturated carbocycles. The van der Waals surface area contributed by atoms with Crippen molar-refractivity contribution in [2.75, 3.05) is 13.6 Å². The molecule has 4 nitrogen and oxygen atoms in total. The Morgan fingerprint density at radius 2 is 1.63 bits per heavy atom. The maximum atomic E-state index is 15.0. The van der Waals surface area contributed by atoms with Crippen molar-refractivity contribution in [3.63, 3.8) is 0 Å². The van der Waals surface area contributed by atoms with Crippen LogP contribution in [0.2, 0.25) is 5.02 Å². The summed E-state index contributed by atoms with van der Waals surface area (Å²) < 4.78 is 136. The number of alkyl halides is 9. The van der Waals surface area contributed by atoms with E-state index in [1.807, 2.05) is 5.32 Å². The second-order valence-corrected chi connectivity index (χ2v) is 10.0. The van der Waals surface area contributed by atoms with E-state index >= 15 is 4.39 Å². The molecule has 41 heavy (non-hydrogen) atoms. The van der Waals surface area contributed by atoms with Crippen molar-refractivity contribution in [1.82, 2.24) is 10.2 Å². The molecule has 2 aromatic carbocycles. The first-order valence-electron chi connectivity index (χ1n) is 11.7. The van der Waals surface area contributed by atoms with Gasteiger partial charge in [-0.2, -0.15) is 39.5 Å². The van der Waals surface area contributed by atoms with Crippen molar-refractivity contribution in [2.24, 2.45) is 0 Å². The van der Waals surface area contributed by atoms with Gasteiger partial charge in [0.1, 0.15) is 23.8 Å². The third-order valence-corrected chi connectivity index (χ3v) is 6.75. The van der Waals surface area contributed by atoms with Gasteiger partial charge in [-0.15, -0.1) is 0 Å². The van der Waals surface area contributed by atoms with Crippen LogP contribution in [0.25, 0.3) is 5.83 Å². The topological polar surface area (TPSA) is 49.4 Å². The predicted molar refractivity (Wildman–Crippen MR) is 129 cm³/mol. The number of hydrogen-bond donors (Lipinski definition) is 1. The smallest absolute Gasteiger partial charge is 0.338 e. The van der Waals surface area contributed by atoms with Crippen LogP contribution >= 0.6 is 11.6 Å². The Labute approximate surface area is 231 Å². The number of aryl methyl sites for hydroxylation is 1. The third-order valence-electron chi connectivity index (χ3n) is 6.33. The molecule has 15 heteroatoms. The van der Waals surface area contributed by atoms with Gasteiger partial charge in [0, 0.05) is 17.6 Å². The molecule has 1 fully saturated rings. The molecular formula is C26H21ClF10N2O2. The first kappa shape index (κ1) is 32.2. The molecule has 0 heterocycles. The molecule has 3 rings (SSSR count). The number of benzene rings is 2. The third kappa shape index (κ3) is 7.72. The molecular weight excluding hydrogens is 598 g/mol. The van der Waals surface area contributed by atoms with Gasteiger partial charge < -0.3 is 10.2 Å². The number of nitrogens with zero attached hydrogens (tertiary/aromatic N) is 1. The number of carbonyl (C=O) groups excluding carboxylic acids is 2. The summed E-state index contributed by atoms with van der Waals surface area (Å²) in [6.07, 6.45) is -15.3. The molecule has 2 aromatic rings. The van der Waals surface area contributed by atoms with Crippen LogP contribution in [0.4, 0.5) is 43.9 Å². The highest BCUT2D eigenvalue weighted by molar-refractivity contribution is 6.31. The zero-order valence-electron chi connectivity index (χ0n) is 21.2. The lowest BCUT2D eigenvalue weighted by molar-refractivity contribution is -0.160. The number of nitrogens with one attached hydrogen (secondary N) is 1. The Balaban J connectivity index is 1.95. The molecule has 1 N–H and O–H groups in total. The minimum atomic E-state index is -5.30. The van der Waals surface area contributed by atoms with Gasteiger partial charge in [-0.3, -0.25) is 9.59 Å². The quantitative estimate of drug-likeness (QED) is 0.325. The van der Waals surface area contributed by atoms with Gasteiger partial charge in [-0.1, -0.05) is 29.8 Å². The van der Waals surface area contributed by atoms with Crippen molar-refractivity contribution in [1.29, 1.82) is 0 Å². The van der Waals surface area contributed by atoms with Crippen LogP contribution in [0, 0.1) is 6.92 Å². The summed E-state index contributed by atoms with van der Waals surface area (Å²) in [5.41, 5.74) is -5.78. The molecule has 2 amide bonds. The van der Waals surface area contributed by atoms with Crippen molar-refractivity contribution in [3.8, 4) is 0 Å². The Bertz CT molecular complexity index is 1360. The maximum Gasteiger partial charge on any atom is 0.417 e. The first-order chi connectivity index (χ1) is 18.6. The summed E-state index contributed by atoms with van der Waals surface area (Å²) in [4.78, 5) is 25.5. The van der Waals surface area contributed by atoms with Gasteiger partial charge in [0.2, 0.25) is 5.91 Å². The van der Waals surface area contributed by atoms with Gasteiger partial charge in [0.15, 0.2) is 0 Å². The average Bonchev–Trinajstić information content (AvgIpc) is 3.61. The second-order valence-electron chi connectivity index (χ2n) is 9.61. The van der Waals surface area contributed by atoms with E-state index in [1.165, 1.54) is 6.92 Å². The zero-order chi connectivity index (χ0) is 31.1. The normalized spacial score (nSPS) is 16.3. The van der Waals surface area contributed by atoms with Crippen molar-refractivity contribution >= 4 is 29.2 Å². The van der Waals surface area contributed by atoms with Gasteiger partial charge >= 0.3 is 18.5 Å². The molecule has 1 unspecified atom stereocenters. The molecule has 0 spiro atoms. The van der Waals surface area contributed by atoms with Gasteiger partial charge in [-0.25, -0.2) is 4.39 Å². The number of halogens is 11. The lowest BCUT2D eigenvalue weighted by Crippen LogP contribution is -2.51. The number of allylic oxidation sites excluding steroid dienone is 1. The highest BCUT2D eigenvalue weighted by Crippen LogP contribution is 2.42. The molecule has 1 aliphatic carbocycles. The Kier molecular flexibility index (Phi) is 8.79. The van der Waals surface area contributed by atoms with Gasteiger partial charge in [0.25, 0.3) is 5.91 Å². The fourth-order valence-corrected chi connectivity index (χ4v) is 4.23. The lowest BCUT2D eigenvalue weighted by atomic mass is 9.94. The highest BCUT2D eigenvalue weighted by Gasteiger charge is 2.54. The standard InChI is InChI=1S/C26H21ClF10N2O2/c1-13-9-14(4-6-19(13)27)17(25(32,33)34)11-20(28)15-3-5-16(18(10-15)26(35,36)37)21(40)38-23(7-8-23)22(41)39(2)12-24(29,30)31/h3-6,9-11,17H,7-8,12H2,1-2H3,(H,38,40)/b20-11-. The Morgan fingerprint density at radius 3 is 2.12 bits per heavy atom. The zero-order valence-corrected chi connectivity index (χ0v) is 21.9. The average molecular weight is 619 g/mol. The lowest BCUT2D eigenvalue weighted by Gasteiger charge is -2.25. The van der Waals surface area contributed by atoms with E-state index in [0.717, 1.165) is 25.2 Å². The molecule has 0 saturated heterocycles. The molecule has 0 bridgehead atoms. The molecule has 0 radical (unpaired) electrons. The number of amides is 2. The minimum Gasteiger partial charge on any atom is -0.338 e. The van der Waals surface area contributed by atoms with Crippen LogP contribution in [0.1, 0.15) is 51.4 Å². The van der Waals surface area contributed by atoms with E-state index < -0.39 is 76.4 Å². The molecule has 1 aliphatic rings. The van der Waals surface area contributed by atoms with E-state index in [2.05, 4.69) is 0 Å². The molecule has 0 aromatic heterocycles. The fourth-order valence-electron chi connectivity index (χ4n) is 4.12. The van der Waals surface area contributed by atoms with Crippen LogP contribution in [-0.4, -0.2) is 48.2 Å². The Hall–Kier alpha value is -3.29. The van der Waals surface area contributed by atoms with E-state index in [0.29, 0.717) is 12.1 Å². The monoisotopic (exact) mass is 618 g/mol. The van der Waals surface area contributed by atoms with E-state index in [-0.39, 0.29) is 40.5 Å². The van der Waals surface area contributed by atoms with E-state index in [4.69, 9.17) is 11.6 Å². The first-order valence-corrected chi connectivity index (χ1v) is 12.1. The number of likely N-dealkylation sites (N-methyl/N-ethyl adjacent to an activating group) is 1. The number of rotatable bonds is 7. The second kappa shape index (κ2) is 11.2. The summed E-state index contributed by atoms with van der Waals surface area (Å²) in [6, 6.07) is 4.50. The molecule has 1 atom stereocenters. The van der Waals surface area contributed by atoms with Gasteiger partial charge in [0.05, 0.1) is 11.1 Å².